The van der Waals surface area contributed by atoms with E-state index >= 15 is 0 Å². The summed E-state index contributed by atoms with van der Waals surface area (Å²) in [5.41, 5.74) is 6.92. The first-order valence-corrected chi connectivity index (χ1v) is 7.66. The van der Waals surface area contributed by atoms with Crippen LogP contribution in [0.15, 0.2) is 17.3 Å². The zero-order valence-corrected chi connectivity index (χ0v) is 11.4. The van der Waals surface area contributed by atoms with Gasteiger partial charge in [0.05, 0.1) is 17.1 Å². The number of nitrogens with two attached hydrogens (primary N) is 1. The average molecular weight is 284 g/mol. The van der Waals surface area contributed by atoms with E-state index < -0.39 is 9.84 Å². The highest BCUT2D eigenvalue weighted by Crippen LogP contribution is 2.20. The monoisotopic (exact) mass is 284 g/mol. The summed E-state index contributed by atoms with van der Waals surface area (Å²) in [5, 5.41) is 11.8. The molecule has 0 aliphatic carbocycles. The maximum absolute atomic E-state index is 11.4. The number of sulfone groups is 1. The Balaban J connectivity index is 2.36. The van der Waals surface area contributed by atoms with Crippen LogP contribution in [0.2, 0.25) is 0 Å². The van der Waals surface area contributed by atoms with Crippen molar-refractivity contribution in [3.63, 3.8) is 0 Å². The number of rotatable bonds is 2. The van der Waals surface area contributed by atoms with E-state index in [1.807, 2.05) is 11.8 Å². The summed E-state index contributed by atoms with van der Waals surface area (Å²) in [6.45, 7) is 2.56. The van der Waals surface area contributed by atoms with E-state index in [0.717, 1.165) is 5.69 Å². The molecule has 1 aliphatic rings. The molecule has 1 saturated heterocycles. The zero-order valence-electron chi connectivity index (χ0n) is 10.6. The van der Waals surface area contributed by atoms with Crippen molar-refractivity contribution in [1.82, 2.24) is 4.98 Å². The third-order valence-corrected chi connectivity index (χ3v) is 4.65. The molecule has 1 fully saturated rings. The van der Waals surface area contributed by atoms with Gasteiger partial charge < -0.3 is 15.8 Å². The van der Waals surface area contributed by atoms with Gasteiger partial charge in [0.2, 0.25) is 0 Å². The second-order valence-corrected chi connectivity index (χ2v) is 6.75. The van der Waals surface area contributed by atoms with Gasteiger partial charge in [0.25, 0.3) is 0 Å². The Bertz CT molecular complexity index is 598. The van der Waals surface area contributed by atoms with Crippen molar-refractivity contribution in [1.29, 1.82) is 0 Å². The van der Waals surface area contributed by atoms with Gasteiger partial charge in [-0.3, -0.25) is 0 Å². The van der Waals surface area contributed by atoms with Crippen LogP contribution in [0.1, 0.15) is 11.3 Å². The molecule has 2 rings (SSSR count). The van der Waals surface area contributed by atoms with Gasteiger partial charge in [-0.25, -0.2) is 13.4 Å². The normalized spacial score (nSPS) is 19.4. The molecule has 0 aromatic carbocycles. The molecule has 104 valence electrons. The summed E-state index contributed by atoms with van der Waals surface area (Å²) in [7, 11) is -2.95. The van der Waals surface area contributed by atoms with E-state index in [9.17, 15) is 8.42 Å². The van der Waals surface area contributed by atoms with Gasteiger partial charge in [-0.1, -0.05) is 5.16 Å². The number of anilines is 1. The summed E-state index contributed by atoms with van der Waals surface area (Å²) in [5.74, 6) is 0.720. The Hall–Kier alpha value is -1.83. The minimum absolute atomic E-state index is 0.0315. The molecule has 1 aromatic rings. The van der Waals surface area contributed by atoms with Gasteiger partial charge in [0.1, 0.15) is 5.82 Å². The van der Waals surface area contributed by atoms with Crippen LogP contribution in [0.3, 0.4) is 0 Å². The second-order valence-electron chi connectivity index (χ2n) is 4.45. The first-order valence-electron chi connectivity index (χ1n) is 5.84. The summed E-state index contributed by atoms with van der Waals surface area (Å²) in [6, 6.07) is 3.48. The Kier molecular flexibility index (Phi) is 3.61. The van der Waals surface area contributed by atoms with Crippen molar-refractivity contribution in [3.05, 3.63) is 23.4 Å². The summed E-state index contributed by atoms with van der Waals surface area (Å²) in [6.07, 6.45) is 0. The van der Waals surface area contributed by atoms with Gasteiger partial charge in [-0.05, 0) is 19.1 Å². The van der Waals surface area contributed by atoms with Gasteiger partial charge in [0.15, 0.2) is 15.7 Å². The fourth-order valence-corrected chi connectivity index (χ4v) is 3.16. The van der Waals surface area contributed by atoms with E-state index in [-0.39, 0.29) is 17.3 Å². The molecule has 0 radical (unpaired) electrons. The van der Waals surface area contributed by atoms with Crippen LogP contribution in [0.25, 0.3) is 0 Å². The molecule has 0 unspecified atom stereocenters. The molecule has 1 aliphatic heterocycles. The Morgan fingerprint density at radius 2 is 2.05 bits per heavy atom. The third-order valence-electron chi connectivity index (χ3n) is 3.04. The summed E-state index contributed by atoms with van der Waals surface area (Å²) >= 11 is 0. The Labute approximate surface area is 111 Å². The van der Waals surface area contributed by atoms with Crippen molar-refractivity contribution in [2.24, 2.45) is 10.9 Å². The average Bonchev–Trinajstić information content (AvgIpc) is 2.38. The summed E-state index contributed by atoms with van der Waals surface area (Å²) in [4.78, 5) is 6.22. The number of aryl methyl sites for hydroxylation is 1. The number of amidine groups is 1. The molecule has 8 heteroatoms. The lowest BCUT2D eigenvalue weighted by atomic mass is 10.2. The number of hydrogen-bond acceptors (Lipinski definition) is 6. The largest absolute Gasteiger partial charge is 0.409 e. The maximum Gasteiger partial charge on any atom is 0.173 e. The van der Waals surface area contributed by atoms with Crippen LogP contribution in [0.4, 0.5) is 5.82 Å². The number of nitrogens with zero attached hydrogens (tertiary/aromatic N) is 3. The molecular formula is C11H16N4O3S. The molecule has 0 spiro atoms. The van der Waals surface area contributed by atoms with Crippen LogP contribution >= 0.6 is 0 Å². The van der Waals surface area contributed by atoms with Gasteiger partial charge >= 0.3 is 0 Å². The highest BCUT2D eigenvalue weighted by Gasteiger charge is 2.25. The smallest absolute Gasteiger partial charge is 0.173 e. The Morgan fingerprint density at radius 3 is 2.63 bits per heavy atom. The number of oxime groups is 1. The highest BCUT2D eigenvalue weighted by atomic mass is 32.2. The topological polar surface area (TPSA) is 109 Å². The molecule has 0 saturated carbocycles. The molecule has 19 heavy (non-hydrogen) atoms. The predicted molar refractivity (Wildman–Crippen MR) is 72.4 cm³/mol. The first-order chi connectivity index (χ1) is 8.93. The fraction of sp³-hybridized carbons (Fsp3) is 0.455. The van der Waals surface area contributed by atoms with E-state index in [4.69, 9.17) is 10.9 Å². The quantitative estimate of drug-likeness (QED) is 0.334. The van der Waals surface area contributed by atoms with Crippen LogP contribution < -0.4 is 10.6 Å². The molecule has 3 N–H and O–H groups in total. The minimum Gasteiger partial charge on any atom is -0.409 e. The van der Waals surface area contributed by atoms with E-state index in [2.05, 4.69) is 10.1 Å². The van der Waals surface area contributed by atoms with E-state index in [0.29, 0.717) is 24.5 Å². The number of hydrogen-bond donors (Lipinski definition) is 2. The van der Waals surface area contributed by atoms with Gasteiger partial charge in [-0.2, -0.15) is 0 Å². The van der Waals surface area contributed by atoms with Crippen molar-refractivity contribution >= 4 is 21.5 Å². The van der Waals surface area contributed by atoms with Gasteiger partial charge in [0, 0.05) is 18.8 Å². The lowest BCUT2D eigenvalue weighted by Crippen LogP contribution is -2.41. The number of aromatic nitrogens is 1. The van der Waals surface area contributed by atoms with Crippen LogP contribution in [-0.4, -0.2) is 49.0 Å². The number of pyridine rings is 1. The second kappa shape index (κ2) is 5.04. The maximum atomic E-state index is 11.4. The highest BCUT2D eigenvalue weighted by molar-refractivity contribution is 7.91. The van der Waals surface area contributed by atoms with Crippen LogP contribution in [-0.2, 0) is 9.84 Å². The SMILES string of the molecule is Cc1ccc(C(N)=NO)c(N2CCS(=O)(=O)CC2)n1. The molecule has 7 nitrogen and oxygen atoms in total. The van der Waals surface area contributed by atoms with Gasteiger partial charge in [-0.15, -0.1) is 0 Å². The van der Waals surface area contributed by atoms with E-state index in [1.165, 1.54) is 0 Å². The Morgan fingerprint density at radius 1 is 1.42 bits per heavy atom. The van der Waals surface area contributed by atoms with Crippen molar-refractivity contribution in [2.75, 3.05) is 29.5 Å². The molecule has 0 bridgehead atoms. The third kappa shape index (κ3) is 2.95. The molecule has 0 atom stereocenters. The lowest BCUT2D eigenvalue weighted by Gasteiger charge is -2.29. The van der Waals surface area contributed by atoms with E-state index in [1.54, 1.807) is 12.1 Å². The molecular weight excluding hydrogens is 268 g/mol. The lowest BCUT2D eigenvalue weighted by molar-refractivity contribution is 0.318. The molecule has 2 heterocycles. The summed E-state index contributed by atoms with van der Waals surface area (Å²) < 4.78 is 22.9. The minimum atomic E-state index is -2.95. The van der Waals surface area contributed by atoms with Crippen molar-refractivity contribution in [2.45, 2.75) is 6.92 Å². The van der Waals surface area contributed by atoms with Crippen molar-refractivity contribution in [3.8, 4) is 0 Å². The fourth-order valence-electron chi connectivity index (χ4n) is 1.96. The first kappa shape index (κ1) is 13.6. The molecule has 0 amide bonds. The standard InChI is InChI=1S/C11H16N4O3S/c1-8-2-3-9(10(12)14-16)11(13-8)15-4-6-19(17,18)7-5-15/h2-3,16H,4-7H2,1H3,(H2,12,14). The predicted octanol–water partition coefficient (Wildman–Crippen LogP) is -0.281. The van der Waals surface area contributed by atoms with Crippen LogP contribution in [0, 0.1) is 6.92 Å². The van der Waals surface area contributed by atoms with Crippen LogP contribution in [0.5, 0.6) is 0 Å². The molecule has 1 aromatic heterocycles. The zero-order chi connectivity index (χ0) is 14.0. The van der Waals surface area contributed by atoms with Crippen molar-refractivity contribution < 1.29 is 13.6 Å².